The first-order valence-corrected chi connectivity index (χ1v) is 7.90. The summed E-state index contributed by atoms with van der Waals surface area (Å²) >= 11 is 0. The zero-order valence-electron chi connectivity index (χ0n) is 14.4. The summed E-state index contributed by atoms with van der Waals surface area (Å²) in [6.07, 6.45) is -3.25. The highest BCUT2D eigenvalue weighted by molar-refractivity contribution is 5.62. The van der Waals surface area contributed by atoms with Crippen molar-refractivity contribution in [2.45, 2.75) is 26.4 Å². The van der Waals surface area contributed by atoms with Crippen LogP contribution >= 0.6 is 0 Å². The number of rotatable bonds is 5. The van der Waals surface area contributed by atoms with Gasteiger partial charge in [-0.2, -0.15) is 13.2 Å². The lowest BCUT2D eigenvalue weighted by Gasteiger charge is -2.15. The molecule has 0 aliphatic carbocycles. The van der Waals surface area contributed by atoms with Gasteiger partial charge in [-0.25, -0.2) is 9.38 Å². The maximum absolute atomic E-state index is 14.3. The van der Waals surface area contributed by atoms with Crippen LogP contribution in [0.4, 0.5) is 23.2 Å². The Hall–Kier alpha value is -2.37. The largest absolute Gasteiger partial charge is 0.416 e. The van der Waals surface area contributed by atoms with Crippen LogP contribution in [0, 0.1) is 12.7 Å². The molecule has 0 spiro atoms. The molecule has 0 heterocycles. The van der Waals surface area contributed by atoms with E-state index in [9.17, 15) is 17.6 Å². The van der Waals surface area contributed by atoms with E-state index in [4.69, 9.17) is 0 Å². The predicted octanol–water partition coefficient (Wildman–Crippen LogP) is 5.36. The Kier molecular flexibility index (Phi) is 5.82. The molecule has 0 unspecified atom stereocenters. The minimum atomic E-state index is -4.58. The highest BCUT2D eigenvalue weighted by Gasteiger charge is 2.34. The highest BCUT2D eigenvalue weighted by atomic mass is 19.4. The smallest absolute Gasteiger partial charge is 0.366 e. The summed E-state index contributed by atoms with van der Waals surface area (Å²) in [5, 5.41) is 0. The standard InChI is InChI=1S/C19H20F4N2/c1-4-25(3)12-24-18-11-16(19(21,22)23)15(10-17(18)20)9-14-7-5-6-13(2)8-14/h5-8,10-12H,4,9H2,1-3H3. The van der Waals surface area contributed by atoms with Crippen LogP contribution in [0.1, 0.15) is 29.2 Å². The molecular formula is C19H20F4N2. The maximum Gasteiger partial charge on any atom is 0.416 e. The zero-order chi connectivity index (χ0) is 18.6. The minimum absolute atomic E-state index is 0.00625. The van der Waals surface area contributed by atoms with Crippen LogP contribution in [0.25, 0.3) is 0 Å². The lowest BCUT2D eigenvalue weighted by atomic mass is 9.97. The highest BCUT2D eigenvalue weighted by Crippen LogP contribution is 2.36. The van der Waals surface area contributed by atoms with Crippen molar-refractivity contribution in [1.29, 1.82) is 0 Å². The Labute approximate surface area is 144 Å². The molecule has 0 saturated heterocycles. The van der Waals surface area contributed by atoms with E-state index in [1.54, 1.807) is 30.1 Å². The Morgan fingerprint density at radius 2 is 1.88 bits per heavy atom. The lowest BCUT2D eigenvalue weighted by Crippen LogP contribution is -2.14. The molecule has 0 atom stereocenters. The van der Waals surface area contributed by atoms with Gasteiger partial charge in [0.05, 0.1) is 11.9 Å². The van der Waals surface area contributed by atoms with Gasteiger partial charge in [0.15, 0.2) is 0 Å². The molecule has 2 aromatic rings. The first-order chi connectivity index (χ1) is 11.7. The van der Waals surface area contributed by atoms with E-state index in [0.29, 0.717) is 12.1 Å². The normalized spacial score (nSPS) is 12.0. The third-order valence-electron chi connectivity index (χ3n) is 3.85. The second kappa shape index (κ2) is 7.68. The second-order valence-electron chi connectivity index (χ2n) is 5.94. The van der Waals surface area contributed by atoms with Crippen molar-refractivity contribution in [1.82, 2.24) is 4.90 Å². The summed E-state index contributed by atoms with van der Waals surface area (Å²) < 4.78 is 54.5. The van der Waals surface area contributed by atoms with Gasteiger partial charge in [-0.05, 0) is 43.5 Å². The molecule has 0 N–H and O–H groups in total. The van der Waals surface area contributed by atoms with Crippen molar-refractivity contribution >= 4 is 12.0 Å². The molecular weight excluding hydrogens is 332 g/mol. The fourth-order valence-corrected chi connectivity index (χ4v) is 2.40. The minimum Gasteiger partial charge on any atom is -0.366 e. The third-order valence-corrected chi connectivity index (χ3v) is 3.85. The van der Waals surface area contributed by atoms with Gasteiger partial charge in [0.25, 0.3) is 0 Å². The number of nitrogens with zero attached hydrogens (tertiary/aromatic N) is 2. The zero-order valence-corrected chi connectivity index (χ0v) is 14.4. The van der Waals surface area contributed by atoms with E-state index in [1.165, 1.54) is 6.34 Å². The molecule has 0 fully saturated rings. The van der Waals surface area contributed by atoms with E-state index in [1.807, 2.05) is 19.9 Å². The maximum atomic E-state index is 14.3. The Morgan fingerprint density at radius 1 is 1.16 bits per heavy atom. The molecule has 0 aliphatic rings. The molecule has 0 radical (unpaired) electrons. The van der Waals surface area contributed by atoms with Crippen LogP contribution in [0.2, 0.25) is 0 Å². The van der Waals surface area contributed by atoms with Crippen molar-refractivity contribution in [3.8, 4) is 0 Å². The first kappa shape index (κ1) is 19.0. The summed E-state index contributed by atoms with van der Waals surface area (Å²) in [6.45, 7) is 4.33. The summed E-state index contributed by atoms with van der Waals surface area (Å²) in [4.78, 5) is 5.49. The molecule has 25 heavy (non-hydrogen) atoms. The molecule has 2 nitrogen and oxygen atoms in total. The number of alkyl halides is 3. The predicted molar refractivity (Wildman–Crippen MR) is 91.8 cm³/mol. The number of hydrogen-bond acceptors (Lipinski definition) is 1. The van der Waals surface area contributed by atoms with Gasteiger partial charge < -0.3 is 4.90 Å². The quantitative estimate of drug-likeness (QED) is 0.402. The van der Waals surface area contributed by atoms with Crippen molar-refractivity contribution in [3.63, 3.8) is 0 Å². The SMILES string of the molecule is CCN(C)C=Nc1cc(C(F)(F)F)c(Cc2cccc(C)c2)cc1F. The molecule has 0 bridgehead atoms. The van der Waals surface area contributed by atoms with Gasteiger partial charge in [0.2, 0.25) is 0 Å². The number of hydrogen-bond donors (Lipinski definition) is 0. The lowest BCUT2D eigenvalue weighted by molar-refractivity contribution is -0.138. The van der Waals surface area contributed by atoms with E-state index >= 15 is 0 Å². The van der Waals surface area contributed by atoms with Crippen LogP contribution in [-0.4, -0.2) is 24.8 Å². The fraction of sp³-hybridized carbons (Fsp3) is 0.316. The van der Waals surface area contributed by atoms with Gasteiger partial charge in [-0.3, -0.25) is 0 Å². The Balaban J connectivity index is 2.45. The van der Waals surface area contributed by atoms with E-state index in [0.717, 1.165) is 17.7 Å². The van der Waals surface area contributed by atoms with Crippen LogP contribution in [0.3, 0.4) is 0 Å². The summed E-state index contributed by atoms with van der Waals surface area (Å²) in [5.74, 6) is -0.767. The number of aliphatic imine (C=N–C) groups is 1. The summed E-state index contributed by atoms with van der Waals surface area (Å²) in [6, 6.07) is 8.86. The van der Waals surface area contributed by atoms with Gasteiger partial charge in [0.1, 0.15) is 11.5 Å². The van der Waals surface area contributed by atoms with Crippen molar-refractivity contribution in [3.05, 3.63) is 64.5 Å². The van der Waals surface area contributed by atoms with Crippen molar-refractivity contribution in [2.75, 3.05) is 13.6 Å². The average Bonchev–Trinajstić information content (AvgIpc) is 2.52. The molecule has 134 valence electrons. The summed E-state index contributed by atoms with van der Waals surface area (Å²) in [7, 11) is 1.71. The molecule has 0 saturated carbocycles. The molecule has 0 aliphatic heterocycles. The first-order valence-electron chi connectivity index (χ1n) is 7.90. The Morgan fingerprint density at radius 3 is 2.48 bits per heavy atom. The molecule has 6 heteroatoms. The van der Waals surface area contributed by atoms with Gasteiger partial charge in [-0.1, -0.05) is 29.8 Å². The van der Waals surface area contributed by atoms with Crippen molar-refractivity contribution < 1.29 is 17.6 Å². The third kappa shape index (κ3) is 5.05. The summed E-state index contributed by atoms with van der Waals surface area (Å²) in [5.41, 5.74) is 0.364. The number of benzene rings is 2. The molecule has 0 amide bonds. The number of aryl methyl sites for hydroxylation is 1. The van der Waals surface area contributed by atoms with Gasteiger partial charge >= 0.3 is 6.18 Å². The van der Waals surface area contributed by atoms with Crippen LogP contribution in [-0.2, 0) is 12.6 Å². The van der Waals surface area contributed by atoms with E-state index < -0.39 is 17.6 Å². The van der Waals surface area contributed by atoms with E-state index in [-0.39, 0.29) is 17.7 Å². The van der Waals surface area contributed by atoms with Crippen LogP contribution in [0.15, 0.2) is 41.4 Å². The fourth-order valence-electron chi connectivity index (χ4n) is 2.40. The Bertz CT molecular complexity index is 767. The van der Waals surface area contributed by atoms with E-state index in [2.05, 4.69) is 4.99 Å². The molecule has 2 aromatic carbocycles. The molecule has 0 aromatic heterocycles. The van der Waals surface area contributed by atoms with Gasteiger partial charge in [0, 0.05) is 13.6 Å². The molecule has 2 rings (SSSR count). The monoisotopic (exact) mass is 352 g/mol. The van der Waals surface area contributed by atoms with Crippen molar-refractivity contribution in [2.24, 2.45) is 4.99 Å². The average molecular weight is 352 g/mol. The van der Waals surface area contributed by atoms with Gasteiger partial charge in [-0.15, -0.1) is 0 Å². The van der Waals surface area contributed by atoms with Crippen LogP contribution < -0.4 is 0 Å². The van der Waals surface area contributed by atoms with Crippen LogP contribution in [0.5, 0.6) is 0 Å². The number of halogens is 4. The second-order valence-corrected chi connectivity index (χ2v) is 5.94. The topological polar surface area (TPSA) is 15.6 Å².